The molecule has 0 spiro atoms. The van der Waals surface area contributed by atoms with Gasteiger partial charge in [-0.05, 0) is 31.2 Å². The van der Waals surface area contributed by atoms with Crippen LogP contribution in [-0.2, 0) is 24.4 Å². The summed E-state index contributed by atoms with van der Waals surface area (Å²) < 4.78 is 35.2. The van der Waals surface area contributed by atoms with Crippen LogP contribution in [0.4, 0.5) is 0 Å². The number of hydrogen-bond donors (Lipinski definition) is 2. The van der Waals surface area contributed by atoms with Gasteiger partial charge in [0.05, 0.1) is 16.2 Å². The zero-order chi connectivity index (χ0) is 26.4. The van der Waals surface area contributed by atoms with Gasteiger partial charge in [-0.2, -0.15) is 4.72 Å². The van der Waals surface area contributed by atoms with Crippen LogP contribution in [0.15, 0.2) is 64.1 Å². The summed E-state index contributed by atoms with van der Waals surface area (Å²) in [7, 11) is -2.50. The third kappa shape index (κ3) is 6.22. The molecule has 1 unspecified atom stereocenters. The van der Waals surface area contributed by atoms with E-state index in [-0.39, 0.29) is 53.4 Å². The van der Waals surface area contributed by atoms with Crippen LogP contribution in [0.5, 0.6) is 5.75 Å². The third-order valence-electron chi connectivity index (χ3n) is 6.04. The molecule has 1 aliphatic heterocycles. The number of para-hydroxylation sites is 1. The molecule has 3 rings (SSSR count). The largest absolute Gasteiger partial charge is 0.507 e. The van der Waals surface area contributed by atoms with Crippen LogP contribution < -0.4 is 4.72 Å². The van der Waals surface area contributed by atoms with Gasteiger partial charge in [-0.15, -0.1) is 9.55 Å². The molecule has 1 saturated heterocycles. The molecule has 0 amide bonds. The number of sulfonamides is 1. The molecule has 1 heterocycles. The highest BCUT2D eigenvalue weighted by atomic mass is 32.2. The van der Waals surface area contributed by atoms with Crippen molar-refractivity contribution in [2.24, 2.45) is 4.58 Å². The predicted molar refractivity (Wildman–Crippen MR) is 132 cm³/mol. The summed E-state index contributed by atoms with van der Waals surface area (Å²) in [6.07, 6.45) is 0.184. The van der Waals surface area contributed by atoms with Gasteiger partial charge in [-0.3, -0.25) is 9.63 Å². The predicted octanol–water partition coefficient (Wildman–Crippen LogP) is 2.77. The van der Waals surface area contributed by atoms with Crippen LogP contribution >= 0.6 is 11.9 Å². The second kappa shape index (κ2) is 11.4. The van der Waals surface area contributed by atoms with Crippen LogP contribution in [0, 0.1) is 4.91 Å². The summed E-state index contributed by atoms with van der Waals surface area (Å²) in [5.74, 6) is -1.80. The average molecular weight is 539 g/mol. The maximum absolute atomic E-state index is 13.1. The highest BCUT2D eigenvalue weighted by molar-refractivity contribution is 7.99. The first-order chi connectivity index (χ1) is 17.1. The Kier molecular flexibility index (Phi) is 8.71. The lowest BCUT2D eigenvalue weighted by atomic mass is 9.88. The number of esters is 1. The van der Waals surface area contributed by atoms with Gasteiger partial charge in [0.15, 0.2) is 0 Å². The lowest BCUT2D eigenvalue weighted by Crippen LogP contribution is -2.63. The Hall–Kier alpha value is -3.00. The van der Waals surface area contributed by atoms with Gasteiger partial charge in [-0.25, -0.2) is 13.2 Å². The van der Waals surface area contributed by atoms with E-state index in [1.54, 1.807) is 44.3 Å². The van der Waals surface area contributed by atoms with E-state index >= 15 is 0 Å². The number of phenols is 1. The first-order valence-corrected chi connectivity index (χ1v) is 13.4. The molecule has 0 aliphatic carbocycles. The van der Waals surface area contributed by atoms with Crippen LogP contribution in [0.25, 0.3) is 0 Å². The van der Waals surface area contributed by atoms with E-state index in [0.29, 0.717) is 11.9 Å². The lowest BCUT2D eigenvalue weighted by molar-refractivity contribution is -1.08. The number of nitrogens with one attached hydrogen (secondary N) is 1. The minimum atomic E-state index is -4.14. The van der Waals surface area contributed by atoms with E-state index in [9.17, 15) is 28.0 Å². The zero-order valence-electron chi connectivity index (χ0n) is 19.8. The Morgan fingerprint density at radius 3 is 2.33 bits per heavy atom. The number of phenolic OH excluding ortho intramolecular Hbond substituents is 1. The van der Waals surface area contributed by atoms with Crippen LogP contribution in [0.3, 0.4) is 0 Å². The molecule has 0 bridgehead atoms. The highest BCUT2D eigenvalue weighted by Gasteiger charge is 2.54. The number of benzene rings is 2. The Labute approximate surface area is 213 Å². The van der Waals surface area contributed by atoms with E-state index in [0.717, 1.165) is 0 Å². The number of hydroxylamine groups is 3. The number of aromatic hydroxyl groups is 1. The van der Waals surface area contributed by atoms with Crippen molar-refractivity contribution in [3.63, 3.8) is 0 Å². The number of rotatable bonds is 10. The van der Waals surface area contributed by atoms with Gasteiger partial charge < -0.3 is 9.84 Å². The maximum Gasteiger partial charge on any atom is 0.401 e. The number of likely N-dealkylation sites (tertiary alicyclic amines) is 1. The zero-order valence-corrected chi connectivity index (χ0v) is 21.5. The van der Waals surface area contributed by atoms with Crippen LogP contribution in [-0.4, -0.2) is 67.6 Å². The Balaban J connectivity index is 1.86. The van der Waals surface area contributed by atoms with E-state index in [4.69, 9.17) is 9.57 Å². The molecule has 13 heteroatoms. The molecule has 36 heavy (non-hydrogen) atoms. The first kappa shape index (κ1) is 27.6. The van der Waals surface area contributed by atoms with Crippen molar-refractivity contribution in [2.45, 2.75) is 35.4 Å². The third-order valence-corrected chi connectivity index (χ3v) is 8.56. The fraction of sp³-hybridized carbons (Fsp3) is 0.391. The highest BCUT2D eigenvalue weighted by Crippen LogP contribution is 2.42. The second-order valence-corrected chi connectivity index (χ2v) is 11.3. The van der Waals surface area contributed by atoms with E-state index in [1.807, 2.05) is 0 Å². The summed E-state index contributed by atoms with van der Waals surface area (Å²) in [5.41, 5.74) is -0.00218. The molecule has 1 aliphatic rings. The van der Waals surface area contributed by atoms with Crippen molar-refractivity contribution in [3.05, 3.63) is 65.1 Å². The van der Waals surface area contributed by atoms with Crippen LogP contribution in [0.1, 0.15) is 30.1 Å². The minimum absolute atomic E-state index is 0.00218. The summed E-state index contributed by atoms with van der Waals surface area (Å²) in [6.45, 7) is 1.88. The van der Waals surface area contributed by atoms with Crippen LogP contribution in [0.2, 0.25) is 0 Å². The Morgan fingerprint density at radius 1 is 1.14 bits per heavy atom. The van der Waals surface area contributed by atoms with Crippen molar-refractivity contribution in [1.82, 2.24) is 4.72 Å². The summed E-state index contributed by atoms with van der Waals surface area (Å²) >= 11 is 0.567. The number of carbonyl (C=O) groups is 2. The molecular weight excluding hydrogens is 510 g/mol. The molecule has 2 aromatic carbocycles. The number of ether oxygens (including phenoxy) is 1. The molecule has 0 radical (unpaired) electrons. The molecule has 1 atom stereocenters. The van der Waals surface area contributed by atoms with E-state index in [2.05, 4.69) is 9.30 Å². The Bertz CT molecular complexity index is 1200. The number of quaternary nitrogens is 1. The molecule has 2 N–H and O–H groups in total. The topological polar surface area (TPSA) is 148 Å². The minimum Gasteiger partial charge on any atom is -0.507 e. The standard InChI is InChI=1S/C23H27N3O8S2/c1-3-33-22(29)20(24-36(31,32)17-9-5-4-6-10-17)23(35-25-30)13-15-26(2,16-14-23)34-21(28)18-11-7-8-12-19(18)27/h4-12,20,24H,3,13-16H2,1-2H3/p+1. The summed E-state index contributed by atoms with van der Waals surface area (Å²) in [6, 6.07) is 12.1. The van der Waals surface area contributed by atoms with Crippen molar-refractivity contribution < 1.29 is 37.3 Å². The molecule has 11 nitrogen and oxygen atoms in total. The van der Waals surface area contributed by atoms with Gasteiger partial charge in [0.25, 0.3) is 0 Å². The number of nitroso groups, excluding NO2 is 1. The first-order valence-electron chi connectivity index (χ1n) is 11.2. The molecule has 0 aromatic heterocycles. The monoisotopic (exact) mass is 538 g/mol. The molecule has 1 fully saturated rings. The molecule has 0 saturated carbocycles. The fourth-order valence-electron chi connectivity index (χ4n) is 4.00. The lowest BCUT2D eigenvalue weighted by Gasteiger charge is -2.44. The maximum atomic E-state index is 13.1. The van der Waals surface area contributed by atoms with E-state index in [1.165, 1.54) is 24.3 Å². The molecular formula is C23H28N3O8S2+. The summed E-state index contributed by atoms with van der Waals surface area (Å²) in [4.78, 5) is 42.6. The van der Waals surface area contributed by atoms with Gasteiger partial charge in [0, 0.05) is 29.4 Å². The number of hydrogen-bond acceptors (Lipinski definition) is 10. The van der Waals surface area contributed by atoms with Crippen molar-refractivity contribution in [1.29, 1.82) is 0 Å². The SMILES string of the molecule is CCOC(=O)C(NS(=O)(=O)c1ccccc1)C1(SN=O)CC[N+](C)(OC(=O)c2ccccc2O)CC1. The second-order valence-electron chi connectivity index (χ2n) is 8.49. The van der Waals surface area contributed by atoms with Gasteiger partial charge in [0.1, 0.15) is 37.5 Å². The average Bonchev–Trinajstić information content (AvgIpc) is 2.85. The number of piperidine rings is 1. The van der Waals surface area contributed by atoms with Crippen molar-refractivity contribution in [3.8, 4) is 5.75 Å². The van der Waals surface area contributed by atoms with Gasteiger partial charge in [0.2, 0.25) is 10.0 Å². The molecule has 2 aromatic rings. The number of nitrogens with zero attached hydrogens (tertiary/aromatic N) is 2. The smallest absolute Gasteiger partial charge is 0.401 e. The van der Waals surface area contributed by atoms with Crippen molar-refractivity contribution in [2.75, 3.05) is 26.7 Å². The van der Waals surface area contributed by atoms with Crippen molar-refractivity contribution >= 4 is 33.9 Å². The molecule has 194 valence electrons. The quantitative estimate of drug-likeness (QED) is 0.202. The number of carbonyl (C=O) groups excluding carboxylic acids is 2. The summed E-state index contributed by atoms with van der Waals surface area (Å²) in [5, 5.41) is 9.96. The Morgan fingerprint density at radius 2 is 1.75 bits per heavy atom. The van der Waals surface area contributed by atoms with Gasteiger partial charge >= 0.3 is 11.9 Å². The normalized spacial score (nSPS) is 22.8. The van der Waals surface area contributed by atoms with E-state index < -0.39 is 32.8 Å². The van der Waals surface area contributed by atoms with Gasteiger partial charge in [-0.1, -0.05) is 30.3 Å². The fourth-order valence-corrected chi connectivity index (χ4v) is 6.13.